The Morgan fingerprint density at radius 2 is 2.14 bits per heavy atom. The second-order valence-electron chi connectivity index (χ2n) is 3.49. The molecule has 4 nitrogen and oxygen atoms in total. The SMILES string of the molecule is Nc1cnn(CCN2CCSCC2)c1. The van der Waals surface area contributed by atoms with Gasteiger partial charge in [-0.2, -0.15) is 16.9 Å². The second-order valence-corrected chi connectivity index (χ2v) is 4.72. The lowest BCUT2D eigenvalue weighted by atomic mass is 10.4. The summed E-state index contributed by atoms with van der Waals surface area (Å²) in [6, 6.07) is 0. The molecule has 0 saturated carbocycles. The predicted octanol–water partition coefficient (Wildman–Crippen LogP) is 0.514. The van der Waals surface area contributed by atoms with Gasteiger partial charge in [0, 0.05) is 37.3 Å². The minimum atomic E-state index is 0.749. The second kappa shape index (κ2) is 4.70. The number of aromatic nitrogens is 2. The Morgan fingerprint density at radius 1 is 1.36 bits per heavy atom. The topological polar surface area (TPSA) is 47.1 Å². The monoisotopic (exact) mass is 212 g/mol. The van der Waals surface area contributed by atoms with Gasteiger partial charge >= 0.3 is 0 Å². The normalized spacial score (nSPS) is 18.6. The highest BCUT2D eigenvalue weighted by Gasteiger charge is 2.09. The van der Waals surface area contributed by atoms with Crippen LogP contribution in [0.2, 0.25) is 0 Å². The quantitative estimate of drug-likeness (QED) is 0.793. The molecule has 0 radical (unpaired) electrons. The fraction of sp³-hybridized carbons (Fsp3) is 0.667. The van der Waals surface area contributed by atoms with Gasteiger partial charge in [0.2, 0.25) is 0 Å². The van der Waals surface area contributed by atoms with E-state index in [1.807, 2.05) is 22.6 Å². The van der Waals surface area contributed by atoms with E-state index in [0.29, 0.717) is 0 Å². The molecular formula is C9H16N4S. The van der Waals surface area contributed by atoms with Crippen LogP contribution in [0.4, 0.5) is 5.69 Å². The molecule has 5 heteroatoms. The van der Waals surface area contributed by atoms with Crippen molar-refractivity contribution in [2.24, 2.45) is 0 Å². The van der Waals surface area contributed by atoms with Gasteiger partial charge in [0.25, 0.3) is 0 Å². The van der Waals surface area contributed by atoms with Crippen molar-refractivity contribution < 1.29 is 0 Å². The maximum Gasteiger partial charge on any atom is 0.0719 e. The van der Waals surface area contributed by atoms with E-state index in [4.69, 9.17) is 5.73 Å². The predicted molar refractivity (Wildman–Crippen MR) is 60.4 cm³/mol. The van der Waals surface area contributed by atoms with Crippen LogP contribution in [-0.2, 0) is 6.54 Å². The van der Waals surface area contributed by atoms with Crippen molar-refractivity contribution in [2.75, 3.05) is 36.9 Å². The molecule has 2 rings (SSSR count). The van der Waals surface area contributed by atoms with Crippen LogP contribution in [0.3, 0.4) is 0 Å². The molecule has 1 aromatic heterocycles. The summed E-state index contributed by atoms with van der Waals surface area (Å²) in [6.45, 7) is 4.45. The highest BCUT2D eigenvalue weighted by molar-refractivity contribution is 7.99. The zero-order valence-electron chi connectivity index (χ0n) is 8.22. The van der Waals surface area contributed by atoms with Gasteiger partial charge in [0.1, 0.15) is 0 Å². The molecule has 2 heterocycles. The van der Waals surface area contributed by atoms with Crippen LogP contribution >= 0.6 is 11.8 Å². The van der Waals surface area contributed by atoms with E-state index in [-0.39, 0.29) is 0 Å². The smallest absolute Gasteiger partial charge is 0.0719 e. The molecule has 0 atom stereocenters. The number of rotatable bonds is 3. The van der Waals surface area contributed by atoms with E-state index in [0.717, 1.165) is 18.8 Å². The zero-order valence-corrected chi connectivity index (χ0v) is 9.04. The van der Waals surface area contributed by atoms with Gasteiger partial charge in [-0.15, -0.1) is 0 Å². The molecule has 1 aromatic rings. The minimum absolute atomic E-state index is 0.749. The average molecular weight is 212 g/mol. The van der Waals surface area contributed by atoms with E-state index >= 15 is 0 Å². The minimum Gasteiger partial charge on any atom is -0.396 e. The van der Waals surface area contributed by atoms with Gasteiger partial charge in [-0.3, -0.25) is 9.58 Å². The summed E-state index contributed by atoms with van der Waals surface area (Å²) in [4.78, 5) is 2.48. The van der Waals surface area contributed by atoms with Crippen LogP contribution in [0.1, 0.15) is 0 Å². The van der Waals surface area contributed by atoms with Gasteiger partial charge in [-0.25, -0.2) is 0 Å². The highest BCUT2D eigenvalue weighted by Crippen LogP contribution is 2.08. The van der Waals surface area contributed by atoms with E-state index in [9.17, 15) is 0 Å². The number of anilines is 1. The average Bonchev–Trinajstić information content (AvgIpc) is 2.63. The molecule has 14 heavy (non-hydrogen) atoms. The van der Waals surface area contributed by atoms with Crippen LogP contribution in [0, 0.1) is 0 Å². The number of nitrogen functional groups attached to an aromatic ring is 1. The summed E-state index contributed by atoms with van der Waals surface area (Å²) in [5, 5.41) is 4.16. The Labute approximate surface area is 88.4 Å². The van der Waals surface area contributed by atoms with Crippen molar-refractivity contribution in [3.05, 3.63) is 12.4 Å². The molecule has 78 valence electrons. The summed E-state index contributed by atoms with van der Waals surface area (Å²) in [7, 11) is 0. The van der Waals surface area contributed by atoms with Crippen molar-refractivity contribution in [1.29, 1.82) is 0 Å². The van der Waals surface area contributed by atoms with Crippen molar-refractivity contribution in [1.82, 2.24) is 14.7 Å². The Morgan fingerprint density at radius 3 is 2.79 bits per heavy atom. The number of hydrogen-bond acceptors (Lipinski definition) is 4. The van der Waals surface area contributed by atoms with Gasteiger partial charge in [-0.05, 0) is 0 Å². The summed E-state index contributed by atoms with van der Waals surface area (Å²) in [6.07, 6.45) is 3.59. The number of thioether (sulfide) groups is 1. The molecule has 2 N–H and O–H groups in total. The van der Waals surface area contributed by atoms with Gasteiger partial charge in [-0.1, -0.05) is 0 Å². The Balaban J connectivity index is 1.76. The lowest BCUT2D eigenvalue weighted by Gasteiger charge is -2.25. The maximum atomic E-state index is 5.59. The molecule has 0 bridgehead atoms. The molecule has 1 saturated heterocycles. The fourth-order valence-corrected chi connectivity index (χ4v) is 2.55. The molecule has 1 aliphatic rings. The summed E-state index contributed by atoms with van der Waals surface area (Å²) >= 11 is 2.04. The highest BCUT2D eigenvalue weighted by atomic mass is 32.2. The van der Waals surface area contributed by atoms with Crippen LogP contribution < -0.4 is 5.73 Å². The molecule has 0 aliphatic carbocycles. The number of nitrogens with two attached hydrogens (primary N) is 1. The molecule has 0 aromatic carbocycles. The Bertz CT molecular complexity index is 280. The third kappa shape index (κ3) is 2.65. The van der Waals surface area contributed by atoms with E-state index in [1.165, 1.54) is 24.6 Å². The first-order chi connectivity index (χ1) is 6.84. The first-order valence-electron chi connectivity index (χ1n) is 4.92. The Kier molecular flexibility index (Phi) is 3.31. The summed E-state index contributed by atoms with van der Waals surface area (Å²) in [5.41, 5.74) is 6.34. The maximum absolute atomic E-state index is 5.59. The van der Waals surface area contributed by atoms with Crippen LogP contribution in [0.15, 0.2) is 12.4 Å². The largest absolute Gasteiger partial charge is 0.396 e. The van der Waals surface area contributed by atoms with Gasteiger partial charge in [0.05, 0.1) is 18.4 Å². The zero-order chi connectivity index (χ0) is 9.80. The van der Waals surface area contributed by atoms with E-state index in [2.05, 4.69) is 10.00 Å². The van der Waals surface area contributed by atoms with E-state index < -0.39 is 0 Å². The van der Waals surface area contributed by atoms with Crippen molar-refractivity contribution in [2.45, 2.75) is 6.54 Å². The molecule has 1 fully saturated rings. The third-order valence-corrected chi connectivity index (χ3v) is 3.34. The first-order valence-corrected chi connectivity index (χ1v) is 6.08. The van der Waals surface area contributed by atoms with Crippen molar-refractivity contribution in [3.63, 3.8) is 0 Å². The first kappa shape index (κ1) is 9.86. The molecule has 0 amide bonds. The Hall–Kier alpha value is -0.680. The number of nitrogens with zero attached hydrogens (tertiary/aromatic N) is 3. The van der Waals surface area contributed by atoms with Gasteiger partial charge < -0.3 is 5.73 Å². The summed E-state index contributed by atoms with van der Waals surface area (Å²) in [5.74, 6) is 2.53. The molecule has 0 unspecified atom stereocenters. The molecule has 1 aliphatic heterocycles. The molecule has 0 spiro atoms. The van der Waals surface area contributed by atoms with Crippen LogP contribution in [0.25, 0.3) is 0 Å². The lowest BCUT2D eigenvalue weighted by molar-refractivity contribution is 0.284. The van der Waals surface area contributed by atoms with E-state index in [1.54, 1.807) is 6.20 Å². The van der Waals surface area contributed by atoms with Crippen molar-refractivity contribution >= 4 is 17.4 Å². The van der Waals surface area contributed by atoms with Crippen molar-refractivity contribution in [3.8, 4) is 0 Å². The van der Waals surface area contributed by atoms with Gasteiger partial charge in [0.15, 0.2) is 0 Å². The van der Waals surface area contributed by atoms with Crippen LogP contribution in [0.5, 0.6) is 0 Å². The fourth-order valence-electron chi connectivity index (χ4n) is 1.57. The molecular weight excluding hydrogens is 196 g/mol. The number of hydrogen-bond donors (Lipinski definition) is 1. The standard InChI is InChI=1S/C9H16N4S/c10-9-7-11-13(8-9)2-1-12-3-5-14-6-4-12/h7-8H,1-6,10H2. The summed E-state index contributed by atoms with van der Waals surface area (Å²) < 4.78 is 1.91. The van der Waals surface area contributed by atoms with Crippen LogP contribution in [-0.4, -0.2) is 45.8 Å². The third-order valence-electron chi connectivity index (χ3n) is 2.40. The lowest BCUT2D eigenvalue weighted by Crippen LogP contribution is -2.35.